The highest BCUT2D eigenvalue weighted by Crippen LogP contribution is 1.82. The third-order valence-electron chi connectivity index (χ3n) is 1.47. The number of carbonyl (C=O) groups is 2. The molecule has 7 nitrogen and oxygen atoms in total. The van der Waals surface area contributed by atoms with E-state index in [0.717, 1.165) is 0 Å². The molecule has 0 heterocycles. The van der Waals surface area contributed by atoms with E-state index < -0.39 is 11.9 Å². The zero-order chi connectivity index (χ0) is 11.7. The number of primary amides is 1. The van der Waals surface area contributed by atoms with Gasteiger partial charge < -0.3 is 15.8 Å². The monoisotopic (exact) mass is 219 g/mol. The summed E-state index contributed by atoms with van der Waals surface area (Å²) in [6.45, 7) is 2.20. The molecule has 2 amide bonds. The van der Waals surface area contributed by atoms with E-state index in [4.69, 9.17) is 10.5 Å². The van der Waals surface area contributed by atoms with E-state index in [9.17, 15) is 9.59 Å². The largest absolute Gasteiger partial charge is 0.383 e. The van der Waals surface area contributed by atoms with Crippen LogP contribution in [0.3, 0.4) is 0 Å². The summed E-state index contributed by atoms with van der Waals surface area (Å²) in [7, 11) is 1.55. The third-order valence-corrected chi connectivity index (χ3v) is 1.47. The Morgan fingerprint density at radius 1 is 1.47 bits per heavy atom. The van der Waals surface area contributed by atoms with Gasteiger partial charge in [0.05, 0.1) is 6.61 Å². The molecule has 1 unspecified atom stereocenters. The standard InChI is InChI=1S/C8H17N3O4/c1-6(11-15-5-7(9)12)8(13)10-3-4-14-2/h6,11H,3-5H2,1-2H3,(H2,9,12)(H,10,13). The lowest BCUT2D eigenvalue weighted by atomic mass is 10.3. The van der Waals surface area contributed by atoms with Crippen LogP contribution in [0.15, 0.2) is 0 Å². The van der Waals surface area contributed by atoms with Crippen molar-refractivity contribution in [2.75, 3.05) is 26.9 Å². The van der Waals surface area contributed by atoms with Gasteiger partial charge in [-0.15, -0.1) is 0 Å². The Bertz CT molecular complexity index is 210. The van der Waals surface area contributed by atoms with Crippen LogP contribution in [-0.4, -0.2) is 44.7 Å². The Morgan fingerprint density at radius 3 is 2.67 bits per heavy atom. The van der Waals surface area contributed by atoms with Crippen molar-refractivity contribution in [1.82, 2.24) is 10.8 Å². The topological polar surface area (TPSA) is 103 Å². The molecule has 0 aliphatic heterocycles. The molecule has 0 fully saturated rings. The van der Waals surface area contributed by atoms with Crippen LogP contribution in [0.2, 0.25) is 0 Å². The number of hydrogen-bond acceptors (Lipinski definition) is 5. The maximum atomic E-state index is 11.3. The van der Waals surface area contributed by atoms with Crippen LogP contribution in [0.4, 0.5) is 0 Å². The van der Waals surface area contributed by atoms with E-state index in [1.54, 1.807) is 14.0 Å². The smallest absolute Gasteiger partial charge is 0.245 e. The quantitative estimate of drug-likeness (QED) is 0.328. The average molecular weight is 219 g/mol. The summed E-state index contributed by atoms with van der Waals surface area (Å²) in [6, 6.07) is -0.554. The number of methoxy groups -OCH3 is 1. The number of amides is 2. The number of nitrogens with two attached hydrogens (primary N) is 1. The zero-order valence-corrected chi connectivity index (χ0v) is 8.91. The molecular formula is C8H17N3O4. The molecule has 0 aromatic heterocycles. The molecule has 0 rings (SSSR count). The predicted molar refractivity (Wildman–Crippen MR) is 52.6 cm³/mol. The van der Waals surface area contributed by atoms with Crippen LogP contribution in [0.1, 0.15) is 6.92 Å². The summed E-state index contributed by atoms with van der Waals surface area (Å²) in [5.74, 6) is -0.842. The molecule has 7 heteroatoms. The van der Waals surface area contributed by atoms with Gasteiger partial charge in [-0.05, 0) is 6.92 Å². The maximum Gasteiger partial charge on any atom is 0.245 e. The lowest BCUT2D eigenvalue weighted by Gasteiger charge is -2.12. The van der Waals surface area contributed by atoms with E-state index in [-0.39, 0.29) is 12.5 Å². The van der Waals surface area contributed by atoms with Gasteiger partial charge in [0, 0.05) is 13.7 Å². The lowest BCUT2D eigenvalue weighted by Crippen LogP contribution is -2.44. The fourth-order valence-corrected chi connectivity index (χ4v) is 0.721. The van der Waals surface area contributed by atoms with Crippen LogP contribution in [-0.2, 0) is 19.2 Å². The molecule has 0 saturated heterocycles. The van der Waals surface area contributed by atoms with E-state index >= 15 is 0 Å². The molecule has 0 spiro atoms. The molecule has 0 aliphatic carbocycles. The molecule has 0 aliphatic rings. The Kier molecular flexibility index (Phi) is 7.51. The number of ether oxygens (including phenoxy) is 1. The number of rotatable bonds is 8. The van der Waals surface area contributed by atoms with E-state index in [2.05, 4.69) is 15.6 Å². The molecule has 4 N–H and O–H groups in total. The van der Waals surface area contributed by atoms with Crippen LogP contribution in [0.5, 0.6) is 0 Å². The maximum absolute atomic E-state index is 11.3. The third kappa shape index (κ3) is 7.86. The van der Waals surface area contributed by atoms with E-state index in [1.807, 2.05) is 0 Å². The molecular weight excluding hydrogens is 202 g/mol. The Morgan fingerprint density at radius 2 is 2.13 bits per heavy atom. The molecule has 1 atom stereocenters. The van der Waals surface area contributed by atoms with E-state index in [1.165, 1.54) is 0 Å². The van der Waals surface area contributed by atoms with Crippen molar-refractivity contribution in [3.8, 4) is 0 Å². The molecule has 0 bridgehead atoms. The summed E-state index contributed by atoms with van der Waals surface area (Å²) >= 11 is 0. The summed E-state index contributed by atoms with van der Waals surface area (Å²) < 4.78 is 4.76. The number of nitrogens with one attached hydrogen (secondary N) is 2. The van der Waals surface area contributed by atoms with Gasteiger partial charge in [0.25, 0.3) is 0 Å². The molecule has 0 aromatic rings. The van der Waals surface area contributed by atoms with Gasteiger partial charge in [0.2, 0.25) is 11.8 Å². The van der Waals surface area contributed by atoms with Gasteiger partial charge in [0.1, 0.15) is 12.6 Å². The molecule has 15 heavy (non-hydrogen) atoms. The number of hydroxylamine groups is 1. The molecule has 0 radical (unpaired) electrons. The van der Waals surface area contributed by atoms with Crippen molar-refractivity contribution in [3.05, 3.63) is 0 Å². The second-order valence-corrected chi connectivity index (χ2v) is 2.88. The summed E-state index contributed by atoms with van der Waals surface area (Å²) in [4.78, 5) is 26.2. The first kappa shape index (κ1) is 13.8. The lowest BCUT2D eigenvalue weighted by molar-refractivity contribution is -0.132. The first-order valence-corrected chi connectivity index (χ1v) is 4.50. The number of hydrogen-bond donors (Lipinski definition) is 3. The summed E-state index contributed by atoms with van der Waals surface area (Å²) in [6.07, 6.45) is 0. The Balaban J connectivity index is 3.55. The van der Waals surface area contributed by atoms with Gasteiger partial charge in [-0.3, -0.25) is 14.4 Å². The summed E-state index contributed by atoms with van der Waals surface area (Å²) in [5.41, 5.74) is 7.22. The second-order valence-electron chi connectivity index (χ2n) is 2.88. The van der Waals surface area contributed by atoms with Gasteiger partial charge in [-0.25, -0.2) is 0 Å². The second kappa shape index (κ2) is 8.16. The Hall–Kier alpha value is -1.18. The van der Waals surface area contributed by atoms with Crippen molar-refractivity contribution in [2.45, 2.75) is 13.0 Å². The SMILES string of the molecule is COCCNC(=O)C(C)NOCC(N)=O. The fourth-order valence-electron chi connectivity index (χ4n) is 0.721. The first-order valence-electron chi connectivity index (χ1n) is 4.50. The van der Waals surface area contributed by atoms with Crippen molar-refractivity contribution in [2.24, 2.45) is 5.73 Å². The zero-order valence-electron chi connectivity index (χ0n) is 8.91. The number of carbonyl (C=O) groups excluding carboxylic acids is 2. The van der Waals surface area contributed by atoms with E-state index in [0.29, 0.717) is 13.2 Å². The van der Waals surface area contributed by atoms with Gasteiger partial charge in [-0.2, -0.15) is 5.48 Å². The minimum absolute atomic E-state index is 0.239. The molecule has 0 aromatic carbocycles. The van der Waals surface area contributed by atoms with Gasteiger partial charge in [0.15, 0.2) is 0 Å². The highest BCUT2D eigenvalue weighted by atomic mass is 16.6. The van der Waals surface area contributed by atoms with Crippen molar-refractivity contribution in [1.29, 1.82) is 0 Å². The normalized spacial score (nSPS) is 12.1. The van der Waals surface area contributed by atoms with Crippen molar-refractivity contribution in [3.63, 3.8) is 0 Å². The van der Waals surface area contributed by atoms with Crippen LogP contribution in [0.25, 0.3) is 0 Å². The van der Waals surface area contributed by atoms with Gasteiger partial charge in [-0.1, -0.05) is 0 Å². The average Bonchev–Trinajstić information content (AvgIpc) is 2.17. The van der Waals surface area contributed by atoms with Crippen molar-refractivity contribution < 1.29 is 19.2 Å². The van der Waals surface area contributed by atoms with Crippen LogP contribution >= 0.6 is 0 Å². The fraction of sp³-hybridized carbons (Fsp3) is 0.750. The Labute approximate surface area is 88.2 Å². The predicted octanol–water partition coefficient (Wildman–Crippen LogP) is -1.86. The molecule has 88 valence electrons. The van der Waals surface area contributed by atoms with Crippen LogP contribution < -0.4 is 16.5 Å². The summed E-state index contributed by atoms with van der Waals surface area (Å²) in [5, 5.41) is 2.60. The highest BCUT2D eigenvalue weighted by molar-refractivity contribution is 5.81. The van der Waals surface area contributed by atoms with Crippen molar-refractivity contribution >= 4 is 11.8 Å². The minimum Gasteiger partial charge on any atom is -0.383 e. The van der Waals surface area contributed by atoms with Crippen LogP contribution in [0, 0.1) is 0 Å². The van der Waals surface area contributed by atoms with Gasteiger partial charge >= 0.3 is 0 Å². The molecule has 0 saturated carbocycles. The minimum atomic E-state index is -0.602. The first-order chi connectivity index (χ1) is 7.07. The highest BCUT2D eigenvalue weighted by Gasteiger charge is 2.11.